The summed E-state index contributed by atoms with van der Waals surface area (Å²) >= 11 is 0. The zero-order valence-corrected chi connectivity index (χ0v) is 20.8. The lowest BCUT2D eigenvalue weighted by molar-refractivity contribution is 0.0431. The number of carbonyl (C=O) groups excluding carboxylic acids is 1. The van der Waals surface area contributed by atoms with E-state index in [4.69, 9.17) is 0 Å². The number of fused-ring (bicyclic) bond motifs is 2. The van der Waals surface area contributed by atoms with Gasteiger partial charge in [-0.15, -0.1) is 0 Å². The van der Waals surface area contributed by atoms with Crippen molar-refractivity contribution >= 4 is 11.6 Å². The second-order valence-corrected chi connectivity index (χ2v) is 10.1. The Bertz CT molecular complexity index is 1100. The van der Waals surface area contributed by atoms with Crippen molar-refractivity contribution in [2.45, 2.75) is 52.2 Å². The van der Waals surface area contributed by atoms with Crippen molar-refractivity contribution < 1.29 is 9.90 Å². The van der Waals surface area contributed by atoms with E-state index in [-0.39, 0.29) is 11.3 Å². The van der Waals surface area contributed by atoms with Crippen LogP contribution in [0.3, 0.4) is 0 Å². The molecular formula is C29H37N3O2. The third kappa shape index (κ3) is 5.26. The molecule has 2 aliphatic rings. The van der Waals surface area contributed by atoms with Gasteiger partial charge in [-0.05, 0) is 55.2 Å². The van der Waals surface area contributed by atoms with E-state index in [1.807, 2.05) is 49.1 Å². The Morgan fingerprint density at radius 3 is 2.65 bits per heavy atom. The van der Waals surface area contributed by atoms with Crippen LogP contribution in [0.25, 0.3) is 0 Å². The summed E-state index contributed by atoms with van der Waals surface area (Å²) in [6.45, 7) is 11.6. The minimum absolute atomic E-state index is 0.00548. The largest absolute Gasteiger partial charge is 0.390 e. The van der Waals surface area contributed by atoms with Crippen molar-refractivity contribution in [3.63, 3.8) is 0 Å². The van der Waals surface area contributed by atoms with Crippen LogP contribution in [0.5, 0.6) is 0 Å². The molecule has 0 bridgehead atoms. The smallest absolute Gasteiger partial charge is 0.254 e. The van der Waals surface area contributed by atoms with Gasteiger partial charge in [-0.3, -0.25) is 9.69 Å². The second kappa shape index (κ2) is 10.2. The molecule has 2 aromatic carbocycles. The van der Waals surface area contributed by atoms with Crippen molar-refractivity contribution in [1.29, 1.82) is 0 Å². The number of carbonyl (C=O) groups is 1. The van der Waals surface area contributed by atoms with Gasteiger partial charge in [-0.1, -0.05) is 56.3 Å². The molecule has 2 aromatic rings. The van der Waals surface area contributed by atoms with Gasteiger partial charge in [0, 0.05) is 55.1 Å². The zero-order valence-electron chi connectivity index (χ0n) is 20.8. The van der Waals surface area contributed by atoms with Gasteiger partial charge in [0.05, 0.1) is 6.10 Å². The van der Waals surface area contributed by atoms with Crippen molar-refractivity contribution in [3.05, 3.63) is 88.6 Å². The van der Waals surface area contributed by atoms with Crippen LogP contribution in [0, 0.1) is 0 Å². The van der Waals surface area contributed by atoms with Crippen molar-refractivity contribution in [3.8, 4) is 0 Å². The molecule has 5 nitrogen and oxygen atoms in total. The number of rotatable bonds is 7. The van der Waals surface area contributed by atoms with Gasteiger partial charge in [0.1, 0.15) is 0 Å². The maximum absolute atomic E-state index is 13.5. The number of hydrogen-bond acceptors (Lipinski definition) is 4. The normalized spacial score (nSPS) is 19.1. The highest BCUT2D eigenvalue weighted by atomic mass is 16.3. The number of benzene rings is 2. The highest BCUT2D eigenvalue weighted by molar-refractivity contribution is 5.98. The van der Waals surface area contributed by atoms with Crippen LogP contribution < -0.4 is 5.32 Å². The summed E-state index contributed by atoms with van der Waals surface area (Å²) in [5.41, 5.74) is 6.22. The highest BCUT2D eigenvalue weighted by Gasteiger charge is 2.37. The summed E-state index contributed by atoms with van der Waals surface area (Å²) in [6, 6.07) is 14.6. The van der Waals surface area contributed by atoms with Crippen molar-refractivity contribution in [2.24, 2.45) is 0 Å². The fraction of sp³-hybridized carbons (Fsp3) is 0.414. The Morgan fingerprint density at radius 2 is 1.91 bits per heavy atom. The molecule has 34 heavy (non-hydrogen) atoms. The molecule has 2 aliphatic heterocycles. The van der Waals surface area contributed by atoms with E-state index >= 15 is 0 Å². The fourth-order valence-corrected chi connectivity index (χ4v) is 5.22. The Morgan fingerprint density at radius 1 is 1.15 bits per heavy atom. The standard InChI is InChI=1S/C29H37N3O2/c1-5-9-23(6-2)30-24-12-13-27-26(16-24)28(34)32(20-29(27,3)4)19-25(33)18-31-15-14-21-10-7-8-11-22(21)17-31/h5-13,16,25,30,33H,14-15,17-20H2,1-4H3/b9-5-,23-6+. The zero-order chi connectivity index (χ0) is 24.3. The Hall–Kier alpha value is -2.89. The molecule has 0 saturated carbocycles. The van der Waals surface area contributed by atoms with Gasteiger partial charge in [0.2, 0.25) is 0 Å². The molecule has 0 aliphatic carbocycles. The Labute approximate surface area is 203 Å². The molecule has 1 unspecified atom stereocenters. The van der Waals surface area contributed by atoms with Gasteiger partial charge in [0.25, 0.3) is 5.91 Å². The number of anilines is 1. The van der Waals surface area contributed by atoms with Crippen LogP contribution in [0.4, 0.5) is 5.69 Å². The maximum Gasteiger partial charge on any atom is 0.254 e. The number of nitrogens with one attached hydrogen (secondary N) is 1. The predicted octanol–water partition coefficient (Wildman–Crippen LogP) is 4.73. The van der Waals surface area contributed by atoms with Gasteiger partial charge >= 0.3 is 0 Å². The quantitative estimate of drug-likeness (QED) is 0.588. The lowest BCUT2D eigenvalue weighted by Crippen LogP contribution is -2.51. The number of β-amino-alcohol motifs (C(OH)–C–C–N with tert-alkyl or cyclic N) is 1. The predicted molar refractivity (Wildman–Crippen MR) is 139 cm³/mol. The minimum atomic E-state index is -0.586. The van der Waals surface area contributed by atoms with E-state index in [9.17, 15) is 9.90 Å². The first-order valence-corrected chi connectivity index (χ1v) is 12.3. The number of aliphatic hydroxyl groups is 1. The Balaban J connectivity index is 1.46. The lowest BCUT2D eigenvalue weighted by atomic mass is 9.78. The van der Waals surface area contributed by atoms with E-state index in [0.29, 0.717) is 19.6 Å². The maximum atomic E-state index is 13.5. The topological polar surface area (TPSA) is 55.8 Å². The highest BCUT2D eigenvalue weighted by Crippen LogP contribution is 2.35. The molecule has 180 valence electrons. The van der Waals surface area contributed by atoms with Gasteiger partial charge in [-0.2, -0.15) is 0 Å². The molecule has 2 heterocycles. The first-order valence-electron chi connectivity index (χ1n) is 12.3. The number of nitrogens with zero attached hydrogens (tertiary/aromatic N) is 2. The molecule has 0 radical (unpaired) electrons. The number of hydrogen-bond donors (Lipinski definition) is 2. The summed E-state index contributed by atoms with van der Waals surface area (Å²) in [5, 5.41) is 14.3. The second-order valence-electron chi connectivity index (χ2n) is 10.1. The first kappa shape index (κ1) is 24.2. The van der Waals surface area contributed by atoms with Crippen LogP contribution in [-0.4, -0.2) is 53.1 Å². The van der Waals surface area contributed by atoms with E-state index in [0.717, 1.165) is 42.0 Å². The summed E-state index contributed by atoms with van der Waals surface area (Å²) in [7, 11) is 0. The van der Waals surface area contributed by atoms with Gasteiger partial charge in [0.15, 0.2) is 0 Å². The molecule has 5 heteroatoms. The molecule has 1 amide bonds. The average Bonchev–Trinajstić information content (AvgIpc) is 2.81. The molecule has 0 spiro atoms. The van der Waals surface area contributed by atoms with Crippen molar-refractivity contribution in [1.82, 2.24) is 9.80 Å². The summed E-state index contributed by atoms with van der Waals surface area (Å²) in [4.78, 5) is 17.6. The molecular weight excluding hydrogens is 422 g/mol. The van der Waals surface area contributed by atoms with Crippen molar-refractivity contribution in [2.75, 3.05) is 31.5 Å². The number of allylic oxidation sites excluding steroid dienone is 3. The third-order valence-corrected chi connectivity index (χ3v) is 6.91. The van der Waals surface area contributed by atoms with Crippen LogP contribution in [0.1, 0.15) is 54.7 Å². The van der Waals surface area contributed by atoms with Crippen LogP contribution in [0.15, 0.2) is 66.4 Å². The van der Waals surface area contributed by atoms with E-state index in [1.165, 1.54) is 11.1 Å². The van der Waals surface area contributed by atoms with E-state index in [1.54, 1.807) is 0 Å². The Kier molecular flexibility index (Phi) is 7.24. The first-order chi connectivity index (χ1) is 16.3. The molecule has 0 aromatic heterocycles. The third-order valence-electron chi connectivity index (χ3n) is 6.91. The molecule has 1 atom stereocenters. The monoisotopic (exact) mass is 459 g/mol. The lowest BCUT2D eigenvalue weighted by Gasteiger charge is -2.41. The van der Waals surface area contributed by atoms with Gasteiger partial charge < -0.3 is 15.3 Å². The number of amides is 1. The summed E-state index contributed by atoms with van der Waals surface area (Å²) in [5.74, 6) is -0.00548. The molecule has 4 rings (SSSR count). The summed E-state index contributed by atoms with van der Waals surface area (Å²) in [6.07, 6.45) is 6.42. The molecule has 2 N–H and O–H groups in total. The van der Waals surface area contributed by atoms with Crippen LogP contribution >= 0.6 is 0 Å². The van der Waals surface area contributed by atoms with E-state index < -0.39 is 6.10 Å². The average molecular weight is 460 g/mol. The van der Waals surface area contributed by atoms with E-state index in [2.05, 4.69) is 54.4 Å². The van der Waals surface area contributed by atoms with Crippen LogP contribution in [-0.2, 0) is 18.4 Å². The summed E-state index contributed by atoms with van der Waals surface area (Å²) < 4.78 is 0. The van der Waals surface area contributed by atoms with Gasteiger partial charge in [-0.25, -0.2) is 0 Å². The fourth-order valence-electron chi connectivity index (χ4n) is 5.22. The molecule has 0 saturated heterocycles. The number of aliphatic hydroxyl groups excluding tert-OH is 1. The van der Waals surface area contributed by atoms with Crippen LogP contribution in [0.2, 0.25) is 0 Å². The minimum Gasteiger partial charge on any atom is -0.390 e. The SMILES string of the molecule is C/C=C\C(=C/C)Nc1ccc2c(c1)C(=O)N(CC(O)CN1CCc3ccccc3C1)CC2(C)C. The molecule has 0 fully saturated rings.